The predicted molar refractivity (Wildman–Crippen MR) is 83.8 cm³/mol. The SMILES string of the molecule is COc1ccc(Br)c(CC(NN)c2ccc(Cl)s2)c1. The topological polar surface area (TPSA) is 47.3 Å². The first-order chi connectivity index (χ1) is 9.13. The molecule has 0 aliphatic heterocycles. The van der Waals surface area contributed by atoms with Crippen LogP contribution < -0.4 is 16.0 Å². The fraction of sp³-hybridized carbons (Fsp3) is 0.231. The number of halogens is 2. The number of rotatable bonds is 5. The molecule has 0 aliphatic rings. The first-order valence-electron chi connectivity index (χ1n) is 5.68. The van der Waals surface area contributed by atoms with Crippen LogP contribution in [0.2, 0.25) is 4.34 Å². The van der Waals surface area contributed by atoms with Crippen LogP contribution in [0.15, 0.2) is 34.8 Å². The van der Waals surface area contributed by atoms with Crippen LogP contribution >= 0.6 is 38.9 Å². The average Bonchev–Trinajstić information content (AvgIpc) is 2.84. The van der Waals surface area contributed by atoms with E-state index in [-0.39, 0.29) is 6.04 Å². The van der Waals surface area contributed by atoms with Crippen molar-refractivity contribution in [2.75, 3.05) is 7.11 Å². The fourth-order valence-corrected chi connectivity index (χ4v) is 3.34. The predicted octanol–water partition coefficient (Wildman–Crippen LogP) is 3.92. The standard InChI is InChI=1S/C13H14BrClN2OS/c1-18-9-2-3-10(14)8(6-9)7-11(17-16)12-4-5-13(15)19-12/h2-6,11,17H,7,16H2,1H3. The molecule has 0 spiro atoms. The summed E-state index contributed by atoms with van der Waals surface area (Å²) in [7, 11) is 1.66. The molecule has 0 fully saturated rings. The Bertz CT molecular complexity index is 561. The van der Waals surface area contributed by atoms with Crippen molar-refractivity contribution in [3.63, 3.8) is 0 Å². The molecule has 3 nitrogen and oxygen atoms in total. The highest BCUT2D eigenvalue weighted by molar-refractivity contribution is 9.10. The van der Waals surface area contributed by atoms with Gasteiger partial charge in [-0.15, -0.1) is 11.3 Å². The highest BCUT2D eigenvalue weighted by atomic mass is 79.9. The first-order valence-corrected chi connectivity index (χ1v) is 7.66. The van der Waals surface area contributed by atoms with Gasteiger partial charge in [0.1, 0.15) is 5.75 Å². The van der Waals surface area contributed by atoms with E-state index in [1.165, 1.54) is 11.3 Å². The van der Waals surface area contributed by atoms with Gasteiger partial charge in [-0.3, -0.25) is 11.3 Å². The lowest BCUT2D eigenvalue weighted by molar-refractivity contribution is 0.413. The average molecular weight is 362 g/mol. The van der Waals surface area contributed by atoms with Gasteiger partial charge in [-0.1, -0.05) is 27.5 Å². The highest BCUT2D eigenvalue weighted by Gasteiger charge is 2.15. The molecule has 1 aromatic carbocycles. The molecule has 102 valence electrons. The minimum atomic E-state index is 0.0286. The molecule has 0 bridgehead atoms. The van der Waals surface area contributed by atoms with E-state index >= 15 is 0 Å². The lowest BCUT2D eigenvalue weighted by Crippen LogP contribution is -2.29. The van der Waals surface area contributed by atoms with Crippen molar-refractivity contribution in [3.05, 3.63) is 49.6 Å². The van der Waals surface area contributed by atoms with E-state index in [9.17, 15) is 0 Å². The summed E-state index contributed by atoms with van der Waals surface area (Å²) >= 11 is 11.0. The minimum Gasteiger partial charge on any atom is -0.497 e. The van der Waals surface area contributed by atoms with E-state index in [0.29, 0.717) is 0 Å². The summed E-state index contributed by atoms with van der Waals surface area (Å²) in [5.74, 6) is 6.48. The van der Waals surface area contributed by atoms with E-state index in [1.54, 1.807) is 7.11 Å². The molecule has 19 heavy (non-hydrogen) atoms. The van der Waals surface area contributed by atoms with Crippen LogP contribution in [0.3, 0.4) is 0 Å². The molecule has 1 atom stereocenters. The fourth-order valence-electron chi connectivity index (χ4n) is 1.81. The summed E-state index contributed by atoms with van der Waals surface area (Å²) in [6, 6.07) is 9.80. The summed E-state index contributed by atoms with van der Waals surface area (Å²) < 4.78 is 7.05. The Morgan fingerprint density at radius 3 is 2.79 bits per heavy atom. The van der Waals surface area contributed by atoms with Crippen LogP contribution in [0, 0.1) is 0 Å². The molecule has 0 aliphatic carbocycles. The molecule has 1 unspecified atom stereocenters. The molecule has 2 rings (SSSR count). The summed E-state index contributed by atoms with van der Waals surface area (Å²) in [4.78, 5) is 1.11. The number of hydrazine groups is 1. The zero-order valence-corrected chi connectivity index (χ0v) is 13.5. The van der Waals surface area contributed by atoms with E-state index < -0.39 is 0 Å². The Labute approximate surface area is 129 Å². The second-order valence-electron chi connectivity index (χ2n) is 4.02. The van der Waals surface area contributed by atoms with Crippen LogP contribution in [-0.2, 0) is 6.42 Å². The van der Waals surface area contributed by atoms with Gasteiger partial charge in [-0.25, -0.2) is 0 Å². The second-order valence-corrected chi connectivity index (χ2v) is 6.62. The number of benzene rings is 1. The van der Waals surface area contributed by atoms with Crippen LogP contribution in [-0.4, -0.2) is 7.11 Å². The van der Waals surface area contributed by atoms with Crippen molar-refractivity contribution in [2.24, 2.45) is 5.84 Å². The summed E-state index contributed by atoms with van der Waals surface area (Å²) in [6.45, 7) is 0. The molecule has 6 heteroatoms. The third kappa shape index (κ3) is 3.70. The van der Waals surface area contributed by atoms with Crippen molar-refractivity contribution in [2.45, 2.75) is 12.5 Å². The zero-order valence-electron chi connectivity index (χ0n) is 10.3. The quantitative estimate of drug-likeness (QED) is 0.627. The molecular weight excluding hydrogens is 348 g/mol. The van der Waals surface area contributed by atoms with Gasteiger partial charge in [-0.2, -0.15) is 0 Å². The minimum absolute atomic E-state index is 0.0286. The number of methoxy groups -OCH3 is 1. The number of hydrogen-bond donors (Lipinski definition) is 2. The Morgan fingerprint density at radius 2 is 2.21 bits per heavy atom. The first kappa shape index (κ1) is 14.8. The smallest absolute Gasteiger partial charge is 0.119 e. The van der Waals surface area contributed by atoms with Crippen molar-refractivity contribution in [1.82, 2.24) is 5.43 Å². The van der Waals surface area contributed by atoms with E-state index in [2.05, 4.69) is 21.4 Å². The maximum Gasteiger partial charge on any atom is 0.119 e. The summed E-state index contributed by atoms with van der Waals surface area (Å²) in [5.41, 5.74) is 3.97. The van der Waals surface area contributed by atoms with Gasteiger partial charge in [0.05, 0.1) is 17.5 Å². The number of nitrogens with two attached hydrogens (primary N) is 1. The van der Waals surface area contributed by atoms with E-state index in [0.717, 1.165) is 31.4 Å². The third-order valence-electron chi connectivity index (χ3n) is 2.82. The van der Waals surface area contributed by atoms with Crippen LogP contribution in [0.1, 0.15) is 16.5 Å². The Hall–Kier alpha value is -0.590. The molecule has 1 aromatic heterocycles. The molecule has 0 amide bonds. The molecule has 2 aromatic rings. The van der Waals surface area contributed by atoms with Crippen molar-refractivity contribution < 1.29 is 4.74 Å². The van der Waals surface area contributed by atoms with Gasteiger partial charge in [0.15, 0.2) is 0 Å². The maximum absolute atomic E-state index is 5.96. The Morgan fingerprint density at radius 1 is 1.42 bits per heavy atom. The largest absolute Gasteiger partial charge is 0.497 e. The third-order valence-corrected chi connectivity index (χ3v) is 4.93. The Balaban J connectivity index is 2.23. The van der Waals surface area contributed by atoms with Gasteiger partial charge < -0.3 is 4.74 Å². The van der Waals surface area contributed by atoms with Crippen molar-refractivity contribution >= 4 is 38.9 Å². The summed E-state index contributed by atoms with van der Waals surface area (Å²) in [5, 5.41) is 0. The number of thiophene rings is 1. The lowest BCUT2D eigenvalue weighted by Gasteiger charge is -2.16. The van der Waals surface area contributed by atoms with Gasteiger partial charge in [-0.05, 0) is 42.3 Å². The van der Waals surface area contributed by atoms with Crippen molar-refractivity contribution in [1.29, 1.82) is 0 Å². The molecule has 3 N–H and O–H groups in total. The molecule has 0 saturated heterocycles. The highest BCUT2D eigenvalue weighted by Crippen LogP contribution is 2.31. The number of ether oxygens (including phenoxy) is 1. The second kappa shape index (κ2) is 6.72. The van der Waals surface area contributed by atoms with Gasteiger partial charge in [0.25, 0.3) is 0 Å². The Kier molecular flexibility index (Phi) is 5.24. The van der Waals surface area contributed by atoms with Crippen LogP contribution in [0.5, 0.6) is 5.75 Å². The van der Waals surface area contributed by atoms with Gasteiger partial charge in [0.2, 0.25) is 0 Å². The normalized spacial score (nSPS) is 12.4. The lowest BCUT2D eigenvalue weighted by atomic mass is 10.0. The number of nitrogens with one attached hydrogen (secondary N) is 1. The van der Waals surface area contributed by atoms with E-state index in [4.69, 9.17) is 22.2 Å². The molecule has 0 saturated carbocycles. The van der Waals surface area contributed by atoms with Crippen LogP contribution in [0.4, 0.5) is 0 Å². The number of hydrogen-bond acceptors (Lipinski definition) is 4. The van der Waals surface area contributed by atoms with Crippen molar-refractivity contribution in [3.8, 4) is 5.75 Å². The molecule has 1 heterocycles. The van der Waals surface area contributed by atoms with Crippen LogP contribution in [0.25, 0.3) is 0 Å². The zero-order chi connectivity index (χ0) is 13.8. The monoisotopic (exact) mass is 360 g/mol. The maximum atomic E-state index is 5.96. The van der Waals surface area contributed by atoms with Gasteiger partial charge in [0, 0.05) is 9.35 Å². The summed E-state index contributed by atoms with van der Waals surface area (Å²) in [6.07, 6.45) is 0.755. The molecule has 0 radical (unpaired) electrons. The molecular formula is C13H14BrClN2OS. The van der Waals surface area contributed by atoms with E-state index in [1.807, 2.05) is 30.3 Å². The van der Waals surface area contributed by atoms with Gasteiger partial charge >= 0.3 is 0 Å².